The lowest BCUT2D eigenvalue weighted by Crippen LogP contribution is -2.40. The Kier molecular flexibility index (Phi) is 5.72. The van der Waals surface area contributed by atoms with Gasteiger partial charge in [-0.25, -0.2) is 8.42 Å². The van der Waals surface area contributed by atoms with Gasteiger partial charge in [0.1, 0.15) is 10.6 Å². The van der Waals surface area contributed by atoms with E-state index in [0.717, 1.165) is 10.8 Å². The number of nitrogens with zero attached hydrogens (tertiary/aromatic N) is 1. The van der Waals surface area contributed by atoms with Gasteiger partial charge in [0.15, 0.2) is 0 Å². The van der Waals surface area contributed by atoms with Crippen molar-refractivity contribution >= 4 is 32.4 Å². The van der Waals surface area contributed by atoms with Crippen molar-refractivity contribution in [1.29, 1.82) is 0 Å². The van der Waals surface area contributed by atoms with Gasteiger partial charge in [0.05, 0.1) is 20.3 Å². The van der Waals surface area contributed by atoms with E-state index in [1.54, 1.807) is 6.07 Å². The molecule has 0 aromatic heterocycles. The van der Waals surface area contributed by atoms with Crippen molar-refractivity contribution in [3.63, 3.8) is 0 Å². The fourth-order valence-corrected chi connectivity index (χ4v) is 5.06. The van der Waals surface area contributed by atoms with Crippen LogP contribution in [-0.4, -0.2) is 52.0 Å². The highest BCUT2D eigenvalue weighted by Crippen LogP contribution is 2.29. The zero-order chi connectivity index (χ0) is 21.1. The van der Waals surface area contributed by atoms with Gasteiger partial charge >= 0.3 is 0 Å². The predicted molar refractivity (Wildman–Crippen MR) is 114 cm³/mol. The number of hydrogen-bond acceptors (Lipinski definition) is 5. The Hall–Kier alpha value is -2.94. The molecule has 0 atom stereocenters. The van der Waals surface area contributed by atoms with Crippen LogP contribution in [0.2, 0.25) is 0 Å². The highest BCUT2D eigenvalue weighted by atomic mass is 32.2. The highest BCUT2D eigenvalue weighted by molar-refractivity contribution is 7.89. The standard InChI is InChI=1S/C22H22N2O5S/c1-28-20-10-9-17(15-21(20)30(26,27)24-11-13-29-14-12-24)22(25)23-19-8-4-6-16-5-2-3-7-18(16)19/h2-10,15H,11-14H2,1H3,(H,23,25). The maximum Gasteiger partial charge on any atom is 0.255 e. The molecule has 0 saturated carbocycles. The minimum Gasteiger partial charge on any atom is -0.495 e. The summed E-state index contributed by atoms with van der Waals surface area (Å²) >= 11 is 0. The minimum atomic E-state index is -3.82. The van der Waals surface area contributed by atoms with Crippen LogP contribution in [0.4, 0.5) is 5.69 Å². The molecule has 3 aromatic rings. The van der Waals surface area contributed by atoms with Crippen molar-refractivity contribution in [3.05, 3.63) is 66.2 Å². The van der Waals surface area contributed by atoms with Gasteiger partial charge in [0, 0.05) is 29.7 Å². The van der Waals surface area contributed by atoms with E-state index < -0.39 is 15.9 Å². The molecule has 0 bridgehead atoms. The van der Waals surface area contributed by atoms with E-state index in [2.05, 4.69) is 5.32 Å². The molecule has 7 nitrogen and oxygen atoms in total. The molecule has 8 heteroatoms. The minimum absolute atomic E-state index is 0.0301. The van der Waals surface area contributed by atoms with Crippen molar-refractivity contribution in [2.75, 3.05) is 38.7 Å². The SMILES string of the molecule is COc1ccc(C(=O)Nc2cccc3ccccc23)cc1S(=O)(=O)N1CCOCC1. The zero-order valence-electron chi connectivity index (χ0n) is 16.5. The van der Waals surface area contributed by atoms with Crippen LogP contribution in [-0.2, 0) is 14.8 Å². The lowest BCUT2D eigenvalue weighted by molar-refractivity contribution is 0.0729. The smallest absolute Gasteiger partial charge is 0.255 e. The van der Waals surface area contributed by atoms with Gasteiger partial charge in [-0.2, -0.15) is 4.31 Å². The Bertz CT molecular complexity index is 1180. The number of amides is 1. The molecule has 0 spiro atoms. The number of carbonyl (C=O) groups is 1. The van der Waals surface area contributed by atoms with Crippen LogP contribution < -0.4 is 10.1 Å². The monoisotopic (exact) mass is 426 g/mol. The maximum absolute atomic E-state index is 13.1. The lowest BCUT2D eigenvalue weighted by Gasteiger charge is -2.26. The Morgan fingerprint density at radius 3 is 2.53 bits per heavy atom. The maximum atomic E-state index is 13.1. The zero-order valence-corrected chi connectivity index (χ0v) is 17.3. The quantitative estimate of drug-likeness (QED) is 0.678. The number of benzene rings is 3. The van der Waals surface area contributed by atoms with Crippen LogP contribution in [0.15, 0.2) is 65.6 Å². The number of fused-ring (bicyclic) bond motifs is 1. The van der Waals surface area contributed by atoms with Crippen molar-refractivity contribution < 1.29 is 22.7 Å². The lowest BCUT2D eigenvalue weighted by atomic mass is 10.1. The molecule has 0 unspecified atom stereocenters. The van der Waals surface area contributed by atoms with Crippen molar-refractivity contribution in [1.82, 2.24) is 4.31 Å². The van der Waals surface area contributed by atoms with E-state index >= 15 is 0 Å². The Labute approximate surface area is 175 Å². The molecule has 1 fully saturated rings. The van der Waals surface area contributed by atoms with E-state index in [1.807, 2.05) is 42.5 Å². The number of ether oxygens (including phenoxy) is 2. The summed E-state index contributed by atoms with van der Waals surface area (Å²) in [6.07, 6.45) is 0. The van der Waals surface area contributed by atoms with Gasteiger partial charge in [0.25, 0.3) is 5.91 Å². The number of anilines is 1. The van der Waals surface area contributed by atoms with Gasteiger partial charge in [-0.3, -0.25) is 4.79 Å². The summed E-state index contributed by atoms with van der Waals surface area (Å²) in [6, 6.07) is 17.8. The summed E-state index contributed by atoms with van der Waals surface area (Å²) in [4.78, 5) is 12.9. The molecule has 3 aromatic carbocycles. The summed E-state index contributed by atoms with van der Waals surface area (Å²) in [7, 11) is -2.41. The molecular weight excluding hydrogens is 404 g/mol. The first-order valence-corrected chi connectivity index (χ1v) is 11.0. The third-order valence-corrected chi connectivity index (χ3v) is 6.97. The van der Waals surface area contributed by atoms with Crippen LogP contribution in [0, 0.1) is 0 Å². The number of hydrogen-bond donors (Lipinski definition) is 1. The van der Waals surface area contributed by atoms with E-state index in [9.17, 15) is 13.2 Å². The third-order valence-electron chi connectivity index (χ3n) is 5.05. The van der Waals surface area contributed by atoms with Crippen molar-refractivity contribution in [3.8, 4) is 5.75 Å². The predicted octanol–water partition coefficient (Wildman–Crippen LogP) is 3.12. The second-order valence-corrected chi connectivity index (χ2v) is 8.77. The molecule has 30 heavy (non-hydrogen) atoms. The summed E-state index contributed by atoms with van der Waals surface area (Å²) in [5, 5.41) is 4.79. The van der Waals surface area contributed by atoms with Gasteiger partial charge in [-0.05, 0) is 29.7 Å². The molecule has 1 N–H and O–H groups in total. The molecule has 1 heterocycles. The second kappa shape index (κ2) is 8.43. The number of sulfonamides is 1. The fourth-order valence-electron chi connectivity index (χ4n) is 3.47. The van der Waals surface area contributed by atoms with Crippen LogP contribution in [0.5, 0.6) is 5.75 Å². The van der Waals surface area contributed by atoms with Gasteiger partial charge in [-0.1, -0.05) is 36.4 Å². The molecular formula is C22H22N2O5S. The van der Waals surface area contributed by atoms with Crippen molar-refractivity contribution in [2.24, 2.45) is 0 Å². The molecule has 1 saturated heterocycles. The Balaban J connectivity index is 1.68. The molecule has 0 radical (unpaired) electrons. The Morgan fingerprint density at radius 2 is 1.77 bits per heavy atom. The fraction of sp³-hybridized carbons (Fsp3) is 0.227. The third kappa shape index (κ3) is 3.89. The van der Waals surface area contributed by atoms with E-state index in [0.29, 0.717) is 18.9 Å². The normalized spacial score (nSPS) is 15.1. The van der Waals surface area contributed by atoms with Gasteiger partial charge in [0.2, 0.25) is 10.0 Å². The largest absolute Gasteiger partial charge is 0.495 e. The summed E-state index contributed by atoms with van der Waals surface area (Å²) in [6.45, 7) is 1.20. The average molecular weight is 426 g/mol. The summed E-state index contributed by atoms with van der Waals surface area (Å²) < 4.78 is 38.1. The average Bonchev–Trinajstić information content (AvgIpc) is 2.79. The van der Waals surface area contributed by atoms with Crippen LogP contribution in [0.3, 0.4) is 0 Å². The number of methoxy groups -OCH3 is 1. The topological polar surface area (TPSA) is 84.9 Å². The van der Waals surface area contributed by atoms with Crippen molar-refractivity contribution in [2.45, 2.75) is 4.90 Å². The molecule has 1 amide bonds. The first kappa shape index (κ1) is 20.3. The Morgan fingerprint density at radius 1 is 1.03 bits per heavy atom. The first-order valence-electron chi connectivity index (χ1n) is 9.56. The number of carbonyl (C=O) groups excluding carboxylic acids is 1. The number of morpholine rings is 1. The molecule has 4 rings (SSSR count). The van der Waals surface area contributed by atoms with E-state index in [-0.39, 0.29) is 29.3 Å². The van der Waals surface area contributed by atoms with E-state index in [4.69, 9.17) is 9.47 Å². The van der Waals surface area contributed by atoms with Gasteiger partial charge < -0.3 is 14.8 Å². The second-order valence-electron chi connectivity index (χ2n) is 6.86. The number of rotatable bonds is 5. The van der Waals surface area contributed by atoms with Crippen LogP contribution in [0.25, 0.3) is 10.8 Å². The first-order chi connectivity index (χ1) is 14.5. The summed E-state index contributed by atoms with van der Waals surface area (Å²) in [5.41, 5.74) is 0.891. The summed E-state index contributed by atoms with van der Waals surface area (Å²) in [5.74, 6) is -0.198. The van der Waals surface area contributed by atoms with Gasteiger partial charge in [-0.15, -0.1) is 0 Å². The highest BCUT2D eigenvalue weighted by Gasteiger charge is 2.30. The van der Waals surface area contributed by atoms with Crippen LogP contribution >= 0.6 is 0 Å². The molecule has 1 aliphatic heterocycles. The molecule has 156 valence electrons. The van der Waals surface area contributed by atoms with Crippen LogP contribution in [0.1, 0.15) is 10.4 Å². The van der Waals surface area contributed by atoms with E-state index in [1.165, 1.54) is 23.5 Å². The molecule has 1 aliphatic rings. The molecule has 0 aliphatic carbocycles. The number of nitrogens with one attached hydrogen (secondary N) is 1.